The largest absolute Gasteiger partial charge is 0.497 e. The first kappa shape index (κ1) is 15.8. The van der Waals surface area contributed by atoms with Gasteiger partial charge in [-0.25, -0.2) is 4.98 Å². The van der Waals surface area contributed by atoms with E-state index >= 15 is 0 Å². The molecule has 0 fully saturated rings. The molecule has 0 unspecified atom stereocenters. The van der Waals surface area contributed by atoms with Gasteiger partial charge in [-0.05, 0) is 35.9 Å². The third-order valence-corrected chi connectivity index (χ3v) is 3.80. The molecule has 0 saturated heterocycles. The molecule has 5 nitrogen and oxygen atoms in total. The standard InChI is InChI=1S/C19H19N3O2/c1-21(13-15-5-3-8-18(11-15)24-2)19(23)16-6-4-7-17(12-16)22-10-9-20-14-22/h3-12,14H,13H2,1-2H3. The molecule has 0 radical (unpaired) electrons. The Kier molecular flexibility index (Phi) is 4.61. The number of methoxy groups -OCH3 is 1. The maximum absolute atomic E-state index is 12.7. The number of hydrogen-bond donors (Lipinski definition) is 0. The molecule has 0 aliphatic rings. The molecule has 0 N–H and O–H groups in total. The summed E-state index contributed by atoms with van der Waals surface area (Å²) in [5.41, 5.74) is 2.58. The number of rotatable bonds is 5. The zero-order valence-electron chi connectivity index (χ0n) is 13.7. The van der Waals surface area contributed by atoms with Crippen LogP contribution >= 0.6 is 0 Å². The first-order chi connectivity index (χ1) is 11.7. The lowest BCUT2D eigenvalue weighted by molar-refractivity contribution is 0.0785. The predicted octanol–water partition coefficient (Wildman–Crippen LogP) is 3.15. The van der Waals surface area contributed by atoms with Gasteiger partial charge in [0.1, 0.15) is 5.75 Å². The molecule has 122 valence electrons. The smallest absolute Gasteiger partial charge is 0.253 e. The van der Waals surface area contributed by atoms with Crippen LogP contribution in [0.15, 0.2) is 67.3 Å². The van der Waals surface area contributed by atoms with Gasteiger partial charge in [0.25, 0.3) is 5.91 Å². The number of hydrogen-bond acceptors (Lipinski definition) is 3. The summed E-state index contributed by atoms with van der Waals surface area (Å²) in [6, 6.07) is 15.2. The third-order valence-electron chi connectivity index (χ3n) is 3.80. The highest BCUT2D eigenvalue weighted by Crippen LogP contribution is 2.16. The number of amides is 1. The van der Waals surface area contributed by atoms with Crippen molar-refractivity contribution in [3.05, 3.63) is 78.4 Å². The van der Waals surface area contributed by atoms with Crippen LogP contribution in [0.5, 0.6) is 5.75 Å². The van der Waals surface area contributed by atoms with Gasteiger partial charge < -0.3 is 14.2 Å². The number of carbonyl (C=O) groups excluding carboxylic acids is 1. The lowest BCUT2D eigenvalue weighted by Crippen LogP contribution is -2.26. The molecule has 1 amide bonds. The number of benzene rings is 2. The summed E-state index contributed by atoms with van der Waals surface area (Å²) in [4.78, 5) is 18.4. The van der Waals surface area contributed by atoms with Crippen LogP contribution in [0.1, 0.15) is 15.9 Å². The molecule has 1 heterocycles. The van der Waals surface area contributed by atoms with E-state index in [1.165, 1.54) is 0 Å². The molecule has 3 rings (SSSR count). The highest BCUT2D eigenvalue weighted by Gasteiger charge is 2.13. The van der Waals surface area contributed by atoms with Crippen molar-refractivity contribution in [1.29, 1.82) is 0 Å². The van der Waals surface area contributed by atoms with Gasteiger partial charge in [-0.2, -0.15) is 0 Å². The van der Waals surface area contributed by atoms with Crippen LogP contribution in [0.25, 0.3) is 5.69 Å². The zero-order valence-corrected chi connectivity index (χ0v) is 13.7. The Labute approximate surface area is 141 Å². The molecule has 2 aromatic carbocycles. The van der Waals surface area contributed by atoms with E-state index in [2.05, 4.69) is 4.98 Å². The summed E-state index contributed by atoms with van der Waals surface area (Å²) in [6.07, 6.45) is 5.27. The normalized spacial score (nSPS) is 10.4. The van der Waals surface area contributed by atoms with Gasteiger partial charge in [0.2, 0.25) is 0 Å². The molecule has 0 aliphatic carbocycles. The molecule has 5 heteroatoms. The minimum absolute atomic E-state index is 0.0280. The SMILES string of the molecule is COc1cccc(CN(C)C(=O)c2cccc(-n3ccnc3)c2)c1. The third kappa shape index (κ3) is 3.46. The lowest BCUT2D eigenvalue weighted by atomic mass is 10.1. The van der Waals surface area contributed by atoms with Gasteiger partial charge >= 0.3 is 0 Å². The number of carbonyl (C=O) groups is 1. The molecule has 0 aliphatic heterocycles. The Bertz CT molecular complexity index is 828. The quantitative estimate of drug-likeness (QED) is 0.725. The van der Waals surface area contributed by atoms with Crippen molar-refractivity contribution in [2.45, 2.75) is 6.54 Å². The Balaban J connectivity index is 1.77. The minimum atomic E-state index is -0.0280. The van der Waals surface area contributed by atoms with Gasteiger partial charge in [-0.1, -0.05) is 18.2 Å². The fraction of sp³-hybridized carbons (Fsp3) is 0.158. The Morgan fingerprint density at radius 1 is 1.21 bits per heavy atom. The van der Waals surface area contributed by atoms with Crippen molar-refractivity contribution in [3.8, 4) is 11.4 Å². The van der Waals surface area contributed by atoms with E-state index in [-0.39, 0.29) is 5.91 Å². The second kappa shape index (κ2) is 7.00. The lowest BCUT2D eigenvalue weighted by Gasteiger charge is -2.18. The van der Waals surface area contributed by atoms with Gasteiger partial charge in [0.15, 0.2) is 0 Å². The fourth-order valence-electron chi connectivity index (χ4n) is 2.55. The van der Waals surface area contributed by atoms with Crippen molar-refractivity contribution in [3.63, 3.8) is 0 Å². The van der Waals surface area contributed by atoms with Crippen LogP contribution < -0.4 is 4.74 Å². The minimum Gasteiger partial charge on any atom is -0.497 e. The average molecular weight is 321 g/mol. The maximum atomic E-state index is 12.7. The summed E-state index contributed by atoms with van der Waals surface area (Å²) >= 11 is 0. The summed E-state index contributed by atoms with van der Waals surface area (Å²) in [5.74, 6) is 0.759. The first-order valence-electron chi connectivity index (χ1n) is 7.64. The summed E-state index contributed by atoms with van der Waals surface area (Å²) in [7, 11) is 3.43. The number of nitrogens with zero attached hydrogens (tertiary/aromatic N) is 3. The van der Waals surface area contributed by atoms with Crippen LogP contribution in [0.3, 0.4) is 0 Å². The van der Waals surface area contributed by atoms with E-state index in [1.54, 1.807) is 31.6 Å². The Hall–Kier alpha value is -3.08. The maximum Gasteiger partial charge on any atom is 0.253 e. The van der Waals surface area contributed by atoms with Gasteiger partial charge in [-0.3, -0.25) is 4.79 Å². The van der Waals surface area contributed by atoms with Crippen LogP contribution in [0, 0.1) is 0 Å². The molecule has 3 aromatic rings. The van der Waals surface area contributed by atoms with E-state index in [0.29, 0.717) is 12.1 Å². The second-order valence-corrected chi connectivity index (χ2v) is 5.53. The van der Waals surface area contributed by atoms with Crippen molar-refractivity contribution in [1.82, 2.24) is 14.5 Å². The monoisotopic (exact) mass is 321 g/mol. The Morgan fingerprint density at radius 3 is 2.79 bits per heavy atom. The molecule has 1 aromatic heterocycles. The first-order valence-corrected chi connectivity index (χ1v) is 7.64. The summed E-state index contributed by atoms with van der Waals surface area (Å²) in [6.45, 7) is 0.519. The topological polar surface area (TPSA) is 47.4 Å². The van der Waals surface area contributed by atoms with E-state index in [4.69, 9.17) is 4.74 Å². The second-order valence-electron chi connectivity index (χ2n) is 5.53. The molecule has 0 spiro atoms. The average Bonchev–Trinajstić information content (AvgIpc) is 3.16. The van der Waals surface area contributed by atoms with Gasteiger partial charge in [-0.15, -0.1) is 0 Å². The van der Waals surface area contributed by atoms with Crippen LogP contribution in [0.4, 0.5) is 0 Å². The molecular weight excluding hydrogens is 302 g/mol. The number of imidazole rings is 1. The molecule has 0 saturated carbocycles. The van der Waals surface area contributed by atoms with E-state index in [9.17, 15) is 4.79 Å². The summed E-state index contributed by atoms with van der Waals surface area (Å²) in [5, 5.41) is 0. The fourth-order valence-corrected chi connectivity index (χ4v) is 2.55. The van der Waals surface area contributed by atoms with E-state index in [0.717, 1.165) is 17.0 Å². The number of ether oxygens (including phenoxy) is 1. The van der Waals surface area contributed by atoms with Crippen LogP contribution in [-0.4, -0.2) is 34.5 Å². The summed E-state index contributed by atoms with van der Waals surface area (Å²) < 4.78 is 7.10. The van der Waals surface area contributed by atoms with E-state index < -0.39 is 0 Å². The van der Waals surface area contributed by atoms with Gasteiger partial charge in [0.05, 0.1) is 13.4 Å². The van der Waals surface area contributed by atoms with Crippen LogP contribution in [0.2, 0.25) is 0 Å². The molecule has 0 bridgehead atoms. The molecule has 0 atom stereocenters. The van der Waals surface area contributed by atoms with Crippen molar-refractivity contribution in [2.75, 3.05) is 14.2 Å². The van der Waals surface area contributed by atoms with Crippen molar-refractivity contribution in [2.24, 2.45) is 0 Å². The predicted molar refractivity (Wildman–Crippen MR) is 92.4 cm³/mol. The Morgan fingerprint density at radius 2 is 2.04 bits per heavy atom. The van der Waals surface area contributed by atoms with Crippen LogP contribution in [-0.2, 0) is 6.54 Å². The highest BCUT2D eigenvalue weighted by atomic mass is 16.5. The number of aromatic nitrogens is 2. The van der Waals surface area contributed by atoms with Crippen molar-refractivity contribution < 1.29 is 9.53 Å². The van der Waals surface area contributed by atoms with E-state index in [1.807, 2.05) is 59.3 Å². The highest BCUT2D eigenvalue weighted by molar-refractivity contribution is 5.94. The molecule has 24 heavy (non-hydrogen) atoms. The molecular formula is C19H19N3O2. The van der Waals surface area contributed by atoms with Gasteiger partial charge in [0, 0.05) is 37.2 Å². The van der Waals surface area contributed by atoms with Crippen molar-refractivity contribution >= 4 is 5.91 Å². The zero-order chi connectivity index (χ0) is 16.9.